The predicted molar refractivity (Wildman–Crippen MR) is 62.1 cm³/mol. The summed E-state index contributed by atoms with van der Waals surface area (Å²) in [6.07, 6.45) is -0.118. The van der Waals surface area contributed by atoms with Crippen LogP contribution in [0.15, 0.2) is 24.3 Å². The Bertz CT molecular complexity index is 370. The molecule has 1 aromatic carbocycles. The summed E-state index contributed by atoms with van der Waals surface area (Å²) < 4.78 is 29.5. The second kappa shape index (κ2) is 5.56. The Kier molecular flexibility index (Phi) is 4.07. The van der Waals surface area contributed by atoms with E-state index in [1.807, 2.05) is 24.3 Å². The number of benzene rings is 1. The van der Waals surface area contributed by atoms with Crippen molar-refractivity contribution in [1.82, 2.24) is 0 Å². The monoisotopic (exact) mass is 241 g/mol. The van der Waals surface area contributed by atoms with Gasteiger partial charge in [0.05, 0.1) is 12.1 Å². The molecule has 1 aliphatic rings. The molecule has 0 fully saturated rings. The van der Waals surface area contributed by atoms with Crippen LogP contribution in [-0.2, 0) is 11.2 Å². The summed E-state index contributed by atoms with van der Waals surface area (Å²) in [6, 6.07) is 7.61. The molecule has 2 nitrogen and oxygen atoms in total. The molecule has 0 spiro atoms. The lowest BCUT2D eigenvalue weighted by Gasteiger charge is -2.23. The maximum absolute atomic E-state index is 12.1. The molecule has 2 atom stereocenters. The summed E-state index contributed by atoms with van der Waals surface area (Å²) in [5.41, 5.74) is 8.35. The van der Waals surface area contributed by atoms with Crippen molar-refractivity contribution < 1.29 is 13.5 Å². The van der Waals surface area contributed by atoms with E-state index in [1.54, 1.807) is 0 Å². The second-order valence-electron chi connectivity index (χ2n) is 4.38. The van der Waals surface area contributed by atoms with Gasteiger partial charge in [-0.05, 0) is 30.4 Å². The molecule has 0 amide bonds. The van der Waals surface area contributed by atoms with Gasteiger partial charge in [0.1, 0.15) is 6.61 Å². The zero-order valence-corrected chi connectivity index (χ0v) is 9.61. The lowest BCUT2D eigenvalue weighted by atomic mass is 9.98. The number of hydrogen-bond acceptors (Lipinski definition) is 2. The summed E-state index contributed by atoms with van der Waals surface area (Å²) in [4.78, 5) is 0. The van der Waals surface area contributed by atoms with Crippen LogP contribution in [0.25, 0.3) is 0 Å². The van der Waals surface area contributed by atoms with Crippen molar-refractivity contribution in [3.8, 4) is 0 Å². The Balaban J connectivity index is 2.11. The minimum Gasteiger partial charge on any atom is -0.370 e. The van der Waals surface area contributed by atoms with Gasteiger partial charge in [0.25, 0.3) is 6.43 Å². The van der Waals surface area contributed by atoms with Crippen molar-refractivity contribution in [2.75, 3.05) is 6.61 Å². The number of halogens is 2. The number of ether oxygens (including phenoxy) is 1. The third kappa shape index (κ3) is 3.01. The number of rotatable bonds is 3. The van der Waals surface area contributed by atoms with Crippen LogP contribution >= 0.6 is 0 Å². The molecule has 1 aliphatic carbocycles. The summed E-state index contributed by atoms with van der Waals surface area (Å²) >= 11 is 0. The Hall–Kier alpha value is -1.00. The Morgan fingerprint density at radius 3 is 2.88 bits per heavy atom. The maximum Gasteiger partial charge on any atom is 0.261 e. The first-order valence-electron chi connectivity index (χ1n) is 5.91. The molecule has 0 aromatic heterocycles. The number of aryl methyl sites for hydroxylation is 1. The Morgan fingerprint density at radius 1 is 1.35 bits per heavy atom. The number of fused-ring (bicyclic) bond motifs is 1. The van der Waals surface area contributed by atoms with Crippen LogP contribution in [0.4, 0.5) is 8.78 Å². The van der Waals surface area contributed by atoms with E-state index < -0.39 is 13.0 Å². The molecule has 0 bridgehead atoms. The highest BCUT2D eigenvalue weighted by Gasteiger charge is 2.25. The molecule has 2 N–H and O–H groups in total. The van der Waals surface area contributed by atoms with E-state index in [0.717, 1.165) is 24.8 Å². The largest absolute Gasteiger partial charge is 0.370 e. The maximum atomic E-state index is 12.1. The number of hydrogen-bond donors (Lipinski definition) is 1. The van der Waals surface area contributed by atoms with Gasteiger partial charge in [0.2, 0.25) is 0 Å². The van der Waals surface area contributed by atoms with Crippen LogP contribution in [0.1, 0.15) is 30.0 Å². The fourth-order valence-corrected chi connectivity index (χ4v) is 2.34. The SMILES string of the molecule is NC1c2ccccc2CCCC1OCC(F)F. The van der Waals surface area contributed by atoms with Gasteiger partial charge in [-0.1, -0.05) is 24.3 Å². The van der Waals surface area contributed by atoms with E-state index in [1.165, 1.54) is 5.56 Å². The standard InChI is InChI=1S/C13H17F2NO/c14-12(15)8-17-11-7-3-5-9-4-1-2-6-10(9)13(11)16/h1-2,4,6,11-13H,3,5,7-8,16H2. The van der Waals surface area contributed by atoms with E-state index in [9.17, 15) is 8.78 Å². The zero-order valence-electron chi connectivity index (χ0n) is 9.61. The normalized spacial score (nSPS) is 24.5. The highest BCUT2D eigenvalue weighted by Crippen LogP contribution is 2.29. The molecule has 4 heteroatoms. The topological polar surface area (TPSA) is 35.2 Å². The van der Waals surface area contributed by atoms with Crippen molar-refractivity contribution in [3.05, 3.63) is 35.4 Å². The van der Waals surface area contributed by atoms with Gasteiger partial charge in [-0.2, -0.15) is 0 Å². The first-order chi connectivity index (χ1) is 8.18. The van der Waals surface area contributed by atoms with Crippen LogP contribution < -0.4 is 5.73 Å². The van der Waals surface area contributed by atoms with Gasteiger partial charge < -0.3 is 10.5 Å². The molecule has 0 saturated heterocycles. The molecular weight excluding hydrogens is 224 g/mol. The van der Waals surface area contributed by atoms with Gasteiger partial charge in [0, 0.05) is 0 Å². The average Bonchev–Trinajstić information content (AvgIpc) is 2.47. The van der Waals surface area contributed by atoms with Crippen molar-refractivity contribution in [2.24, 2.45) is 5.73 Å². The fraction of sp³-hybridized carbons (Fsp3) is 0.538. The van der Waals surface area contributed by atoms with E-state index in [0.29, 0.717) is 0 Å². The number of alkyl halides is 2. The van der Waals surface area contributed by atoms with E-state index in [-0.39, 0.29) is 12.1 Å². The molecule has 0 saturated carbocycles. The Labute approximate surface area is 99.8 Å². The third-order valence-corrected chi connectivity index (χ3v) is 3.19. The predicted octanol–water partition coefficient (Wildman–Crippen LogP) is 2.67. The van der Waals surface area contributed by atoms with Crippen molar-refractivity contribution in [3.63, 3.8) is 0 Å². The van der Waals surface area contributed by atoms with E-state index >= 15 is 0 Å². The highest BCUT2D eigenvalue weighted by molar-refractivity contribution is 5.31. The molecule has 0 radical (unpaired) electrons. The molecule has 0 aliphatic heterocycles. The van der Waals surface area contributed by atoms with Crippen LogP contribution in [-0.4, -0.2) is 19.1 Å². The minimum atomic E-state index is -2.43. The summed E-state index contributed by atoms with van der Waals surface area (Å²) in [5, 5.41) is 0. The van der Waals surface area contributed by atoms with Gasteiger partial charge in [-0.25, -0.2) is 8.78 Å². The summed E-state index contributed by atoms with van der Waals surface area (Å²) in [6.45, 7) is -0.527. The molecule has 2 unspecified atom stereocenters. The smallest absolute Gasteiger partial charge is 0.261 e. The van der Waals surface area contributed by atoms with Gasteiger partial charge in [0.15, 0.2) is 0 Å². The van der Waals surface area contributed by atoms with Crippen LogP contribution in [0.5, 0.6) is 0 Å². The molecule has 2 rings (SSSR count). The fourth-order valence-electron chi connectivity index (χ4n) is 2.34. The minimum absolute atomic E-state index is 0.298. The molecule has 0 heterocycles. The van der Waals surface area contributed by atoms with Crippen LogP contribution in [0, 0.1) is 0 Å². The van der Waals surface area contributed by atoms with Crippen LogP contribution in [0.2, 0.25) is 0 Å². The molecular formula is C13H17F2NO. The van der Waals surface area contributed by atoms with Crippen LogP contribution in [0.3, 0.4) is 0 Å². The second-order valence-corrected chi connectivity index (χ2v) is 4.38. The first kappa shape index (κ1) is 12.5. The molecule has 1 aromatic rings. The summed E-state index contributed by atoms with van der Waals surface area (Å²) in [5.74, 6) is 0. The summed E-state index contributed by atoms with van der Waals surface area (Å²) in [7, 11) is 0. The zero-order chi connectivity index (χ0) is 12.3. The lowest BCUT2D eigenvalue weighted by molar-refractivity contribution is -0.0362. The van der Waals surface area contributed by atoms with Crippen molar-refractivity contribution in [1.29, 1.82) is 0 Å². The third-order valence-electron chi connectivity index (χ3n) is 3.19. The van der Waals surface area contributed by atoms with Crippen molar-refractivity contribution >= 4 is 0 Å². The molecule has 17 heavy (non-hydrogen) atoms. The number of nitrogens with two attached hydrogens (primary N) is 1. The van der Waals surface area contributed by atoms with Gasteiger partial charge in [-0.15, -0.1) is 0 Å². The average molecular weight is 241 g/mol. The quantitative estimate of drug-likeness (QED) is 0.826. The van der Waals surface area contributed by atoms with E-state index in [2.05, 4.69) is 0 Å². The van der Waals surface area contributed by atoms with E-state index in [4.69, 9.17) is 10.5 Å². The van der Waals surface area contributed by atoms with Crippen molar-refractivity contribution in [2.45, 2.75) is 37.8 Å². The highest BCUT2D eigenvalue weighted by atomic mass is 19.3. The van der Waals surface area contributed by atoms with Gasteiger partial charge >= 0.3 is 0 Å². The Morgan fingerprint density at radius 2 is 2.12 bits per heavy atom. The van der Waals surface area contributed by atoms with Gasteiger partial charge in [-0.3, -0.25) is 0 Å². The first-order valence-corrected chi connectivity index (χ1v) is 5.91. The lowest BCUT2D eigenvalue weighted by Crippen LogP contribution is -2.30. The molecule has 94 valence electrons.